The molecule has 0 radical (unpaired) electrons. The zero-order valence-electron chi connectivity index (χ0n) is 20.2. The highest BCUT2D eigenvalue weighted by Gasteiger charge is 2.42. The number of alkyl halides is 1. The van der Waals surface area contributed by atoms with Crippen molar-refractivity contribution >= 4 is 40.9 Å². The van der Waals surface area contributed by atoms with Crippen molar-refractivity contribution in [2.75, 3.05) is 13.1 Å². The molecule has 1 aliphatic rings. The molecular weight excluding hydrogens is 511 g/mol. The second kappa shape index (κ2) is 12.7. The molecule has 0 bridgehead atoms. The summed E-state index contributed by atoms with van der Waals surface area (Å²) in [6.45, 7) is 0.477. The third-order valence-corrected chi connectivity index (χ3v) is 6.93. The molecule has 1 aliphatic heterocycles. The van der Waals surface area contributed by atoms with Gasteiger partial charge in [0.15, 0.2) is 0 Å². The quantitative estimate of drug-likeness (QED) is 0.314. The predicted molar refractivity (Wildman–Crippen MR) is 143 cm³/mol. The first kappa shape index (κ1) is 26.6. The molecule has 0 saturated carbocycles. The molecule has 2 heterocycles. The second-order valence-corrected chi connectivity index (χ2v) is 9.85. The van der Waals surface area contributed by atoms with Gasteiger partial charge in [-0.1, -0.05) is 65.7 Å². The Labute approximate surface area is 226 Å². The lowest BCUT2D eigenvalue weighted by molar-refractivity contribution is -0.158. The molecule has 7 nitrogen and oxygen atoms in total. The molecule has 2 atom stereocenters. The van der Waals surface area contributed by atoms with Crippen molar-refractivity contribution in [1.82, 2.24) is 20.1 Å². The fraction of sp³-hybridized carbons (Fsp3) is 0.286. The Morgan fingerprint density at radius 3 is 2.38 bits per heavy atom. The van der Waals surface area contributed by atoms with Crippen LogP contribution in [0.1, 0.15) is 23.1 Å². The number of nitrogens with one attached hydrogen (secondary N) is 1. The summed E-state index contributed by atoms with van der Waals surface area (Å²) in [7, 11) is 0. The Morgan fingerprint density at radius 2 is 1.68 bits per heavy atom. The van der Waals surface area contributed by atoms with Crippen LogP contribution in [0.4, 0.5) is 0 Å². The summed E-state index contributed by atoms with van der Waals surface area (Å²) < 4.78 is 0. The molecule has 3 aromatic rings. The zero-order chi connectivity index (χ0) is 26.2. The number of carbonyl (C=O) groups is 3. The minimum Gasteiger partial charge on any atom is -0.356 e. The first-order valence-corrected chi connectivity index (χ1v) is 12.9. The Hall–Kier alpha value is -3.42. The molecule has 1 saturated heterocycles. The highest BCUT2D eigenvalue weighted by Crippen LogP contribution is 2.24. The normalized spacial score (nSPS) is 16.5. The van der Waals surface area contributed by atoms with E-state index in [0.717, 1.165) is 16.7 Å². The fourth-order valence-corrected chi connectivity index (χ4v) is 4.76. The highest BCUT2D eigenvalue weighted by molar-refractivity contribution is 6.30. The number of hydrogen-bond acceptors (Lipinski definition) is 4. The smallest absolute Gasteiger partial charge is 0.247 e. The molecule has 3 amide bonds. The van der Waals surface area contributed by atoms with E-state index in [1.54, 1.807) is 36.7 Å². The van der Waals surface area contributed by atoms with E-state index in [4.69, 9.17) is 23.2 Å². The maximum Gasteiger partial charge on any atom is 0.247 e. The number of pyridine rings is 1. The van der Waals surface area contributed by atoms with Crippen molar-refractivity contribution in [2.45, 2.75) is 37.4 Å². The molecule has 0 spiro atoms. The Morgan fingerprint density at radius 1 is 0.973 bits per heavy atom. The van der Waals surface area contributed by atoms with Gasteiger partial charge in [-0.25, -0.2) is 0 Å². The number of carbonyl (C=O) groups excluding carboxylic acids is 3. The highest BCUT2D eigenvalue weighted by atomic mass is 35.5. The minimum atomic E-state index is -0.961. The number of hydrogen-bond donors (Lipinski definition) is 1. The van der Waals surface area contributed by atoms with E-state index in [-0.39, 0.29) is 37.2 Å². The van der Waals surface area contributed by atoms with Gasteiger partial charge in [-0.05, 0) is 47.4 Å². The zero-order valence-corrected chi connectivity index (χ0v) is 21.7. The van der Waals surface area contributed by atoms with Crippen LogP contribution in [0.2, 0.25) is 5.02 Å². The van der Waals surface area contributed by atoms with Crippen LogP contribution in [-0.4, -0.2) is 57.1 Å². The topological polar surface area (TPSA) is 82.6 Å². The molecule has 0 aliphatic carbocycles. The van der Waals surface area contributed by atoms with Gasteiger partial charge in [-0.3, -0.25) is 19.4 Å². The van der Waals surface area contributed by atoms with E-state index in [0.29, 0.717) is 24.4 Å². The van der Waals surface area contributed by atoms with Crippen LogP contribution in [0.15, 0.2) is 79.1 Å². The summed E-state index contributed by atoms with van der Waals surface area (Å²) >= 11 is 12.6. The van der Waals surface area contributed by atoms with Crippen LogP contribution >= 0.6 is 23.2 Å². The molecule has 192 valence electrons. The summed E-state index contributed by atoms with van der Waals surface area (Å²) in [5.41, 5.74) is 2.07. The van der Waals surface area contributed by atoms with Gasteiger partial charge >= 0.3 is 0 Å². The van der Waals surface area contributed by atoms with Gasteiger partial charge in [0.2, 0.25) is 17.7 Å². The maximum absolute atomic E-state index is 13.6. The van der Waals surface area contributed by atoms with Crippen molar-refractivity contribution < 1.29 is 14.4 Å². The number of piperazine rings is 1. The molecule has 9 heteroatoms. The van der Waals surface area contributed by atoms with Crippen molar-refractivity contribution in [1.29, 1.82) is 0 Å². The van der Waals surface area contributed by atoms with Crippen LogP contribution < -0.4 is 5.32 Å². The van der Waals surface area contributed by atoms with E-state index in [2.05, 4.69) is 10.3 Å². The number of halogens is 2. The molecule has 1 aromatic heterocycles. The first-order valence-electron chi connectivity index (χ1n) is 12.1. The second-order valence-electron chi connectivity index (χ2n) is 8.91. The standard InChI is InChI=1S/C28H28Cl2N4O3/c29-23-8-6-21(7-9-23)16-25(30)34-19-27(36)33(18-22-10-13-31-14-11-22)24(28(34)37)17-26(35)32-15-12-20-4-2-1-3-5-20/h1-11,13-14,24-25H,12,15-19H2,(H,32,35). The van der Waals surface area contributed by atoms with Gasteiger partial charge in [-0.15, -0.1) is 0 Å². The summed E-state index contributed by atoms with van der Waals surface area (Å²) in [6, 6.07) is 19.6. The predicted octanol–water partition coefficient (Wildman–Crippen LogP) is 3.83. The monoisotopic (exact) mass is 538 g/mol. The molecule has 4 rings (SSSR count). The van der Waals surface area contributed by atoms with Crippen molar-refractivity contribution in [3.05, 3.63) is 101 Å². The molecule has 37 heavy (non-hydrogen) atoms. The number of amides is 3. The van der Waals surface area contributed by atoms with Gasteiger partial charge in [0.05, 0.1) is 6.42 Å². The number of nitrogens with zero attached hydrogens (tertiary/aromatic N) is 3. The molecule has 1 fully saturated rings. The van der Waals surface area contributed by atoms with Crippen LogP contribution in [0.5, 0.6) is 0 Å². The minimum absolute atomic E-state index is 0.147. The third-order valence-electron chi connectivity index (χ3n) is 6.29. The molecular formula is C28H28Cl2N4O3. The molecule has 1 N–H and O–H groups in total. The van der Waals surface area contributed by atoms with Crippen LogP contribution in [0, 0.1) is 0 Å². The van der Waals surface area contributed by atoms with Crippen LogP contribution in [0.3, 0.4) is 0 Å². The van der Waals surface area contributed by atoms with Gasteiger partial charge in [-0.2, -0.15) is 0 Å². The third kappa shape index (κ3) is 7.31. The number of rotatable bonds is 10. The van der Waals surface area contributed by atoms with Crippen LogP contribution in [-0.2, 0) is 33.8 Å². The average Bonchev–Trinajstić information content (AvgIpc) is 2.90. The van der Waals surface area contributed by atoms with Gasteiger partial charge in [0.1, 0.15) is 18.1 Å². The summed E-state index contributed by atoms with van der Waals surface area (Å²) in [4.78, 5) is 46.6. The van der Waals surface area contributed by atoms with E-state index in [1.807, 2.05) is 42.5 Å². The fourth-order valence-electron chi connectivity index (χ4n) is 4.29. The van der Waals surface area contributed by atoms with Gasteiger partial charge in [0.25, 0.3) is 0 Å². The lowest BCUT2D eigenvalue weighted by atomic mass is 10.0. The van der Waals surface area contributed by atoms with E-state index >= 15 is 0 Å². The van der Waals surface area contributed by atoms with Crippen molar-refractivity contribution in [3.8, 4) is 0 Å². The maximum atomic E-state index is 13.6. The van der Waals surface area contributed by atoms with E-state index in [9.17, 15) is 14.4 Å². The molecule has 2 unspecified atom stereocenters. The SMILES string of the molecule is O=C(CC1C(=O)N(C(Cl)Cc2ccc(Cl)cc2)CC(=O)N1Cc1ccncc1)NCCc1ccccc1. The lowest BCUT2D eigenvalue weighted by Gasteiger charge is -2.41. The largest absolute Gasteiger partial charge is 0.356 e. The number of benzene rings is 2. The van der Waals surface area contributed by atoms with Crippen LogP contribution in [0.25, 0.3) is 0 Å². The first-order chi connectivity index (χ1) is 17.9. The lowest BCUT2D eigenvalue weighted by Crippen LogP contribution is -2.62. The number of aromatic nitrogens is 1. The summed E-state index contributed by atoms with van der Waals surface area (Å²) in [6.07, 6.45) is 4.12. The Bertz CT molecular complexity index is 1210. The molecule has 2 aromatic carbocycles. The van der Waals surface area contributed by atoms with Crippen molar-refractivity contribution in [3.63, 3.8) is 0 Å². The summed E-state index contributed by atoms with van der Waals surface area (Å²) in [5, 5.41) is 3.49. The van der Waals surface area contributed by atoms with Gasteiger partial charge < -0.3 is 15.1 Å². The average molecular weight is 539 g/mol. The summed E-state index contributed by atoms with van der Waals surface area (Å²) in [5.74, 6) is -0.909. The van der Waals surface area contributed by atoms with E-state index in [1.165, 1.54) is 9.80 Å². The van der Waals surface area contributed by atoms with Crippen molar-refractivity contribution in [2.24, 2.45) is 0 Å². The Balaban J connectivity index is 1.47. The van der Waals surface area contributed by atoms with Gasteiger partial charge in [0, 0.05) is 36.9 Å². The van der Waals surface area contributed by atoms with E-state index < -0.39 is 11.5 Å². The Kier molecular flexibility index (Phi) is 9.14.